The molecule has 0 saturated heterocycles. The molecule has 2 aromatic rings. The summed E-state index contributed by atoms with van der Waals surface area (Å²) < 4.78 is 27.3. The topological polar surface area (TPSA) is 69.7 Å². The lowest BCUT2D eigenvalue weighted by molar-refractivity contribution is 0.0752. The summed E-state index contributed by atoms with van der Waals surface area (Å²) in [4.78, 5) is 16.8. The standard InChI is InChI=1S/C21H29N3O3S/c1-6-24(15-17-10-12-19(13-11-17)23(4)5)21(25)18-8-7-9-20(14-18)28(26,27)22-16(2)3/h7-14,16,22H,6,15H2,1-5H3. The van der Waals surface area contributed by atoms with E-state index in [0.29, 0.717) is 18.7 Å². The lowest BCUT2D eigenvalue weighted by Gasteiger charge is -2.22. The number of hydrogen-bond donors (Lipinski definition) is 1. The van der Waals surface area contributed by atoms with Crippen molar-refractivity contribution in [1.29, 1.82) is 0 Å². The Labute approximate surface area is 168 Å². The summed E-state index contributed by atoms with van der Waals surface area (Å²) in [5.41, 5.74) is 2.47. The van der Waals surface area contributed by atoms with E-state index in [1.54, 1.807) is 30.9 Å². The van der Waals surface area contributed by atoms with Crippen LogP contribution in [0.25, 0.3) is 0 Å². The lowest BCUT2D eigenvalue weighted by Crippen LogP contribution is -2.32. The molecule has 2 rings (SSSR count). The number of anilines is 1. The SMILES string of the molecule is CCN(Cc1ccc(N(C)C)cc1)C(=O)c1cccc(S(=O)(=O)NC(C)C)c1. The Bertz CT molecular complexity index is 907. The van der Waals surface area contributed by atoms with Gasteiger partial charge in [-0.25, -0.2) is 13.1 Å². The fourth-order valence-electron chi connectivity index (χ4n) is 2.80. The Balaban J connectivity index is 2.22. The minimum Gasteiger partial charge on any atom is -0.378 e. The molecule has 152 valence electrons. The molecule has 0 fully saturated rings. The van der Waals surface area contributed by atoms with Gasteiger partial charge >= 0.3 is 0 Å². The molecule has 6 nitrogen and oxygen atoms in total. The summed E-state index contributed by atoms with van der Waals surface area (Å²) in [6.07, 6.45) is 0. The van der Waals surface area contributed by atoms with E-state index in [0.717, 1.165) is 11.3 Å². The van der Waals surface area contributed by atoms with E-state index in [4.69, 9.17) is 0 Å². The van der Waals surface area contributed by atoms with Crippen LogP contribution in [0.2, 0.25) is 0 Å². The molecule has 28 heavy (non-hydrogen) atoms. The van der Waals surface area contributed by atoms with Gasteiger partial charge in [0, 0.05) is 44.5 Å². The second-order valence-corrected chi connectivity index (χ2v) is 8.90. The van der Waals surface area contributed by atoms with Gasteiger partial charge in [-0.15, -0.1) is 0 Å². The number of sulfonamides is 1. The first-order valence-corrected chi connectivity index (χ1v) is 10.8. The third-order valence-electron chi connectivity index (χ3n) is 4.28. The molecule has 0 spiro atoms. The number of carbonyl (C=O) groups is 1. The Kier molecular flexibility index (Phi) is 7.21. The predicted molar refractivity (Wildman–Crippen MR) is 113 cm³/mol. The van der Waals surface area contributed by atoms with Crippen LogP contribution in [-0.4, -0.2) is 45.9 Å². The van der Waals surface area contributed by atoms with Crippen molar-refractivity contribution in [3.05, 3.63) is 59.7 Å². The second-order valence-electron chi connectivity index (χ2n) is 7.18. The second kappa shape index (κ2) is 9.21. The number of rotatable bonds is 8. The quantitative estimate of drug-likeness (QED) is 0.735. The molecular formula is C21H29N3O3S. The zero-order chi connectivity index (χ0) is 20.9. The van der Waals surface area contributed by atoms with Crippen molar-refractivity contribution in [3.8, 4) is 0 Å². The number of nitrogens with one attached hydrogen (secondary N) is 1. The minimum absolute atomic E-state index is 0.0958. The maximum atomic E-state index is 13.0. The fourth-order valence-corrected chi connectivity index (χ4v) is 4.10. The average molecular weight is 404 g/mol. The Hall–Kier alpha value is -2.38. The van der Waals surface area contributed by atoms with Crippen molar-refractivity contribution in [1.82, 2.24) is 9.62 Å². The molecule has 0 saturated carbocycles. The first kappa shape index (κ1) is 21.9. The number of amides is 1. The van der Waals surface area contributed by atoms with Crippen LogP contribution in [0.5, 0.6) is 0 Å². The smallest absolute Gasteiger partial charge is 0.254 e. The predicted octanol–water partition coefficient (Wildman–Crippen LogP) is 3.10. The van der Waals surface area contributed by atoms with E-state index in [-0.39, 0.29) is 16.8 Å². The molecule has 0 bridgehead atoms. The van der Waals surface area contributed by atoms with Gasteiger partial charge in [0.1, 0.15) is 0 Å². The van der Waals surface area contributed by atoms with Crippen LogP contribution in [0, 0.1) is 0 Å². The molecule has 2 aromatic carbocycles. The molecular weight excluding hydrogens is 374 g/mol. The van der Waals surface area contributed by atoms with E-state index < -0.39 is 10.0 Å². The van der Waals surface area contributed by atoms with Gasteiger partial charge in [0.25, 0.3) is 5.91 Å². The first-order valence-electron chi connectivity index (χ1n) is 9.32. The van der Waals surface area contributed by atoms with E-state index in [1.807, 2.05) is 50.2 Å². The molecule has 0 aliphatic heterocycles. The van der Waals surface area contributed by atoms with Gasteiger partial charge < -0.3 is 9.80 Å². The Morgan fingerprint density at radius 1 is 1.07 bits per heavy atom. The summed E-state index contributed by atoms with van der Waals surface area (Å²) in [7, 11) is 0.311. The van der Waals surface area contributed by atoms with Crippen molar-refractivity contribution in [2.75, 3.05) is 25.5 Å². The maximum absolute atomic E-state index is 13.0. The third kappa shape index (κ3) is 5.56. The summed E-state index contributed by atoms with van der Waals surface area (Å²) in [6, 6.07) is 14.0. The van der Waals surface area contributed by atoms with E-state index >= 15 is 0 Å². The Morgan fingerprint density at radius 2 is 1.71 bits per heavy atom. The zero-order valence-corrected chi connectivity index (χ0v) is 18.0. The molecule has 0 heterocycles. The summed E-state index contributed by atoms with van der Waals surface area (Å²) in [6.45, 7) is 6.41. The van der Waals surface area contributed by atoms with Crippen molar-refractivity contribution < 1.29 is 13.2 Å². The van der Waals surface area contributed by atoms with Crippen LogP contribution in [-0.2, 0) is 16.6 Å². The van der Waals surface area contributed by atoms with Crippen LogP contribution in [0.4, 0.5) is 5.69 Å². The van der Waals surface area contributed by atoms with Crippen LogP contribution < -0.4 is 9.62 Å². The molecule has 0 radical (unpaired) electrons. The lowest BCUT2D eigenvalue weighted by atomic mass is 10.1. The first-order chi connectivity index (χ1) is 13.1. The minimum atomic E-state index is -3.65. The normalized spacial score (nSPS) is 11.5. The summed E-state index contributed by atoms with van der Waals surface area (Å²) >= 11 is 0. The van der Waals surface area contributed by atoms with Crippen molar-refractivity contribution >= 4 is 21.6 Å². The highest BCUT2D eigenvalue weighted by Crippen LogP contribution is 2.17. The number of hydrogen-bond acceptors (Lipinski definition) is 4. The molecule has 0 aliphatic rings. The third-order valence-corrected chi connectivity index (χ3v) is 5.93. The van der Waals surface area contributed by atoms with Crippen LogP contribution >= 0.6 is 0 Å². The van der Waals surface area contributed by atoms with Gasteiger partial charge in [-0.05, 0) is 56.7 Å². The number of benzene rings is 2. The largest absolute Gasteiger partial charge is 0.378 e. The zero-order valence-electron chi connectivity index (χ0n) is 17.1. The molecule has 1 N–H and O–H groups in total. The van der Waals surface area contributed by atoms with Gasteiger partial charge in [-0.2, -0.15) is 0 Å². The monoisotopic (exact) mass is 403 g/mol. The summed E-state index contributed by atoms with van der Waals surface area (Å²) in [5, 5.41) is 0. The van der Waals surface area contributed by atoms with Crippen molar-refractivity contribution in [2.24, 2.45) is 0 Å². The van der Waals surface area contributed by atoms with Gasteiger partial charge in [0.05, 0.1) is 4.90 Å². The fraction of sp³-hybridized carbons (Fsp3) is 0.381. The molecule has 0 atom stereocenters. The van der Waals surface area contributed by atoms with Crippen molar-refractivity contribution in [3.63, 3.8) is 0 Å². The van der Waals surface area contributed by atoms with Gasteiger partial charge in [-0.3, -0.25) is 4.79 Å². The van der Waals surface area contributed by atoms with E-state index in [9.17, 15) is 13.2 Å². The molecule has 0 aliphatic carbocycles. The van der Waals surface area contributed by atoms with Crippen molar-refractivity contribution in [2.45, 2.75) is 38.3 Å². The molecule has 7 heteroatoms. The van der Waals surface area contributed by atoms with Crippen LogP contribution in [0.1, 0.15) is 36.7 Å². The molecule has 1 amide bonds. The Morgan fingerprint density at radius 3 is 2.25 bits per heavy atom. The highest BCUT2D eigenvalue weighted by molar-refractivity contribution is 7.89. The van der Waals surface area contributed by atoms with Gasteiger partial charge in [0.15, 0.2) is 0 Å². The molecule has 0 unspecified atom stereocenters. The highest BCUT2D eigenvalue weighted by Gasteiger charge is 2.20. The van der Waals surface area contributed by atoms with Gasteiger partial charge in [-0.1, -0.05) is 18.2 Å². The van der Waals surface area contributed by atoms with Gasteiger partial charge in [0.2, 0.25) is 10.0 Å². The van der Waals surface area contributed by atoms with Crippen LogP contribution in [0.15, 0.2) is 53.4 Å². The average Bonchev–Trinajstić information content (AvgIpc) is 2.65. The highest BCUT2D eigenvalue weighted by atomic mass is 32.2. The maximum Gasteiger partial charge on any atom is 0.254 e. The summed E-state index contributed by atoms with van der Waals surface area (Å²) in [5.74, 6) is -0.194. The van der Waals surface area contributed by atoms with E-state index in [2.05, 4.69) is 4.72 Å². The van der Waals surface area contributed by atoms with Crippen LogP contribution in [0.3, 0.4) is 0 Å². The number of carbonyl (C=O) groups excluding carboxylic acids is 1. The van der Waals surface area contributed by atoms with E-state index in [1.165, 1.54) is 12.1 Å². The molecule has 0 aromatic heterocycles. The number of nitrogens with zero attached hydrogens (tertiary/aromatic N) is 2.